The molecule has 10 heteroatoms. The van der Waals surface area contributed by atoms with Gasteiger partial charge in [-0.2, -0.15) is 0 Å². The number of thiazole rings is 1. The second-order valence-corrected chi connectivity index (χ2v) is 11.2. The number of allylic oxidation sites excluding steroid dienone is 1. The molecular formula is C31H19ClFN3O4S. The molecule has 0 saturated heterocycles. The number of furan rings is 1. The summed E-state index contributed by atoms with van der Waals surface area (Å²) in [5, 5.41) is 11.8. The lowest BCUT2D eigenvalue weighted by molar-refractivity contribution is -0.384. The molecule has 202 valence electrons. The summed E-state index contributed by atoms with van der Waals surface area (Å²) in [6.45, 7) is 0. The number of nitrogens with zero attached hydrogens (tertiary/aromatic N) is 3. The van der Waals surface area contributed by atoms with E-state index in [1.165, 1.54) is 41.2 Å². The van der Waals surface area contributed by atoms with Crippen LogP contribution >= 0.6 is 22.9 Å². The van der Waals surface area contributed by atoms with E-state index in [0.29, 0.717) is 15.1 Å². The molecule has 3 aromatic carbocycles. The first-order chi connectivity index (χ1) is 19.9. The Morgan fingerprint density at radius 1 is 1.05 bits per heavy atom. The standard InChI is InChI=1S/C31H19ClFN3O4S/c32-19-8-13-23(25(15-19)36(38)39)26-14-11-21(40-26)16-27-30(37)35-29(18-5-9-20(33)10-6-18)24-12-7-17-3-1-2-4-22(17)28(24)34-31(35)41-27/h1-6,8-11,13-16,29H,7,12H2/b27-16+/t29-/m0/s1. The number of aryl methyl sites for hydroxylation is 1. The minimum Gasteiger partial charge on any atom is -0.456 e. The van der Waals surface area contributed by atoms with E-state index in [1.807, 2.05) is 18.2 Å². The van der Waals surface area contributed by atoms with Crippen LogP contribution in [0.15, 0.2) is 98.6 Å². The largest absolute Gasteiger partial charge is 0.456 e. The van der Waals surface area contributed by atoms with Gasteiger partial charge in [-0.1, -0.05) is 59.3 Å². The van der Waals surface area contributed by atoms with Crippen molar-refractivity contribution in [1.82, 2.24) is 4.57 Å². The summed E-state index contributed by atoms with van der Waals surface area (Å²) in [6.07, 6.45) is 3.16. The van der Waals surface area contributed by atoms with E-state index >= 15 is 0 Å². The van der Waals surface area contributed by atoms with Gasteiger partial charge in [0.15, 0.2) is 4.80 Å². The van der Waals surface area contributed by atoms with E-state index in [1.54, 1.807) is 41.0 Å². The van der Waals surface area contributed by atoms with Gasteiger partial charge >= 0.3 is 0 Å². The molecule has 0 unspecified atom stereocenters. The smallest absolute Gasteiger partial charge is 0.281 e. The average molecular weight is 584 g/mol. The van der Waals surface area contributed by atoms with Crippen LogP contribution < -0.4 is 14.9 Å². The lowest BCUT2D eigenvalue weighted by atomic mass is 9.83. The number of aromatic nitrogens is 1. The van der Waals surface area contributed by atoms with E-state index in [-0.39, 0.29) is 33.4 Å². The predicted molar refractivity (Wildman–Crippen MR) is 155 cm³/mol. The van der Waals surface area contributed by atoms with Crippen LogP contribution in [0, 0.1) is 15.9 Å². The summed E-state index contributed by atoms with van der Waals surface area (Å²) >= 11 is 7.20. The fraction of sp³-hybridized carbons (Fsp3) is 0.0968. The normalized spacial score (nSPS) is 16.1. The van der Waals surface area contributed by atoms with Crippen molar-refractivity contribution in [2.24, 2.45) is 4.99 Å². The molecule has 3 heterocycles. The molecule has 0 saturated carbocycles. The van der Waals surface area contributed by atoms with Crippen molar-refractivity contribution in [1.29, 1.82) is 0 Å². The van der Waals surface area contributed by atoms with Crippen molar-refractivity contribution < 1.29 is 13.7 Å². The summed E-state index contributed by atoms with van der Waals surface area (Å²) in [5.74, 6) is 0.296. The van der Waals surface area contributed by atoms with Crippen molar-refractivity contribution in [3.8, 4) is 11.3 Å². The SMILES string of the molecule is O=c1/c(=C\c2ccc(-c3ccc(Cl)cc3[N+](=O)[O-])o2)sc2n1[C@@H](c1ccc(F)cc1)C1=C(N=2)c2ccccc2CC1. The molecule has 7 rings (SSSR count). The topological polar surface area (TPSA) is 90.6 Å². The van der Waals surface area contributed by atoms with Crippen LogP contribution in [0.25, 0.3) is 23.1 Å². The molecule has 0 radical (unpaired) electrons. The van der Waals surface area contributed by atoms with Gasteiger partial charge in [0.2, 0.25) is 0 Å². The maximum absolute atomic E-state index is 13.9. The first kappa shape index (κ1) is 25.4. The Balaban J connectivity index is 1.38. The number of hydrogen-bond donors (Lipinski definition) is 0. The zero-order chi connectivity index (χ0) is 28.2. The third-order valence-corrected chi connectivity index (χ3v) is 8.60. The second kappa shape index (κ2) is 9.79. The zero-order valence-corrected chi connectivity index (χ0v) is 22.8. The fourth-order valence-electron chi connectivity index (χ4n) is 5.54. The molecule has 1 atom stereocenters. The Kier molecular flexibility index (Phi) is 6.06. The van der Waals surface area contributed by atoms with Crippen LogP contribution in [-0.4, -0.2) is 9.49 Å². The number of rotatable bonds is 4. The van der Waals surface area contributed by atoms with Gasteiger partial charge in [-0.25, -0.2) is 9.38 Å². The molecule has 0 amide bonds. The molecule has 41 heavy (non-hydrogen) atoms. The lowest BCUT2D eigenvalue weighted by Gasteiger charge is -2.30. The van der Waals surface area contributed by atoms with Gasteiger partial charge in [0.25, 0.3) is 11.2 Å². The first-order valence-electron chi connectivity index (χ1n) is 12.8. The maximum atomic E-state index is 13.9. The summed E-state index contributed by atoms with van der Waals surface area (Å²) in [6, 6.07) is 21.6. The Labute approximate surface area is 241 Å². The number of fused-ring (bicyclic) bond motifs is 3. The van der Waals surface area contributed by atoms with Crippen LogP contribution in [0.3, 0.4) is 0 Å². The van der Waals surface area contributed by atoms with Crippen LogP contribution in [0.4, 0.5) is 10.1 Å². The molecular weight excluding hydrogens is 565 g/mol. The van der Waals surface area contributed by atoms with E-state index in [4.69, 9.17) is 21.0 Å². The highest BCUT2D eigenvalue weighted by atomic mass is 35.5. The minimum absolute atomic E-state index is 0.178. The first-order valence-corrected chi connectivity index (χ1v) is 14.0. The maximum Gasteiger partial charge on any atom is 0.281 e. The van der Waals surface area contributed by atoms with E-state index in [9.17, 15) is 19.3 Å². The summed E-state index contributed by atoms with van der Waals surface area (Å²) in [7, 11) is 0. The summed E-state index contributed by atoms with van der Waals surface area (Å²) in [5.41, 5.74) is 4.77. The number of hydrogen-bond acceptors (Lipinski definition) is 6. The zero-order valence-electron chi connectivity index (χ0n) is 21.2. The van der Waals surface area contributed by atoms with Gasteiger partial charge < -0.3 is 4.42 Å². The Bertz CT molecular complexity index is 2090. The van der Waals surface area contributed by atoms with Gasteiger partial charge in [0.05, 0.1) is 26.8 Å². The monoisotopic (exact) mass is 583 g/mol. The van der Waals surface area contributed by atoms with Gasteiger partial charge in [-0.05, 0) is 65.9 Å². The van der Waals surface area contributed by atoms with Crippen molar-refractivity contribution in [3.63, 3.8) is 0 Å². The quantitative estimate of drug-likeness (QED) is 0.184. The van der Waals surface area contributed by atoms with Crippen LogP contribution in [0.1, 0.15) is 34.9 Å². The molecule has 1 aliphatic carbocycles. The van der Waals surface area contributed by atoms with Crippen molar-refractivity contribution in [3.05, 3.63) is 148 Å². The van der Waals surface area contributed by atoms with Crippen molar-refractivity contribution in [2.75, 3.05) is 0 Å². The third kappa shape index (κ3) is 4.34. The highest BCUT2D eigenvalue weighted by Gasteiger charge is 2.32. The highest BCUT2D eigenvalue weighted by Crippen LogP contribution is 2.41. The number of halogens is 2. The third-order valence-electron chi connectivity index (χ3n) is 7.38. The Hall–Kier alpha value is -4.60. The van der Waals surface area contributed by atoms with Gasteiger partial charge in [-0.15, -0.1) is 0 Å². The molecule has 2 aromatic heterocycles. The molecule has 5 aromatic rings. The van der Waals surface area contributed by atoms with Crippen molar-refractivity contribution >= 4 is 40.4 Å². The van der Waals surface area contributed by atoms with Gasteiger partial charge in [0.1, 0.15) is 17.3 Å². The number of nitro groups is 1. The summed E-state index contributed by atoms with van der Waals surface area (Å²) < 4.78 is 21.9. The predicted octanol–water partition coefficient (Wildman–Crippen LogP) is 6.28. The molecule has 0 N–H and O–H groups in total. The molecule has 0 fully saturated rings. The van der Waals surface area contributed by atoms with Crippen LogP contribution in [-0.2, 0) is 6.42 Å². The number of nitro benzene ring substituents is 1. The molecule has 0 bridgehead atoms. The van der Waals surface area contributed by atoms with Crippen LogP contribution in [0.5, 0.6) is 0 Å². The fourth-order valence-corrected chi connectivity index (χ4v) is 6.68. The highest BCUT2D eigenvalue weighted by molar-refractivity contribution is 7.07. The van der Waals surface area contributed by atoms with Gasteiger partial charge in [0, 0.05) is 22.7 Å². The molecule has 7 nitrogen and oxygen atoms in total. The van der Waals surface area contributed by atoms with E-state index in [2.05, 4.69) is 6.07 Å². The average Bonchev–Trinajstić information content (AvgIpc) is 3.56. The number of benzene rings is 3. The second-order valence-electron chi connectivity index (χ2n) is 9.79. The lowest BCUT2D eigenvalue weighted by Crippen LogP contribution is -2.38. The minimum atomic E-state index is -0.517. The molecule has 2 aliphatic rings. The summed E-state index contributed by atoms with van der Waals surface area (Å²) in [4.78, 5) is 30.4. The van der Waals surface area contributed by atoms with Crippen LogP contribution in [0.2, 0.25) is 5.02 Å². The Morgan fingerprint density at radius 2 is 1.85 bits per heavy atom. The van der Waals surface area contributed by atoms with Gasteiger partial charge in [-0.3, -0.25) is 19.5 Å². The van der Waals surface area contributed by atoms with E-state index in [0.717, 1.165) is 35.2 Å². The van der Waals surface area contributed by atoms with E-state index < -0.39 is 11.0 Å². The molecule has 1 aliphatic heterocycles. The van der Waals surface area contributed by atoms with Crippen molar-refractivity contribution in [2.45, 2.75) is 18.9 Å². The molecule has 0 spiro atoms. The Morgan fingerprint density at radius 3 is 2.66 bits per heavy atom.